The lowest BCUT2D eigenvalue weighted by molar-refractivity contribution is 0.244. The molecule has 0 aliphatic carbocycles. The molecule has 4 aromatic rings. The first-order valence-corrected chi connectivity index (χ1v) is 11.1. The molecule has 9 heteroatoms. The zero-order valence-corrected chi connectivity index (χ0v) is 19.5. The van der Waals surface area contributed by atoms with E-state index in [0.717, 1.165) is 5.56 Å². The molecule has 0 saturated heterocycles. The first kappa shape index (κ1) is 22.7. The van der Waals surface area contributed by atoms with Gasteiger partial charge in [-0.2, -0.15) is 4.98 Å². The van der Waals surface area contributed by atoms with Crippen molar-refractivity contribution in [2.45, 2.75) is 19.9 Å². The Kier molecular flexibility index (Phi) is 5.82. The lowest BCUT2D eigenvalue weighted by Crippen LogP contribution is -2.46. The van der Waals surface area contributed by atoms with Crippen molar-refractivity contribution in [2.24, 2.45) is 0 Å². The number of aryl methyl sites for hydroxylation is 1. The zero-order chi connectivity index (χ0) is 24.7. The lowest BCUT2D eigenvalue weighted by atomic mass is 9.94. The van der Waals surface area contributed by atoms with Crippen molar-refractivity contribution >= 4 is 28.9 Å². The van der Waals surface area contributed by atoms with Crippen LogP contribution in [0.25, 0.3) is 17.0 Å². The number of aromatic nitrogens is 2. The van der Waals surface area contributed by atoms with E-state index in [1.807, 2.05) is 13.0 Å². The summed E-state index contributed by atoms with van der Waals surface area (Å²) in [5.41, 5.74) is 3.71. The van der Waals surface area contributed by atoms with Gasteiger partial charge in [0.25, 0.3) is 5.89 Å². The van der Waals surface area contributed by atoms with Crippen molar-refractivity contribution in [3.8, 4) is 11.4 Å². The number of carbonyl (C=O) groups excluding carboxylic acids is 1. The summed E-state index contributed by atoms with van der Waals surface area (Å²) in [6.07, 6.45) is 0. The van der Waals surface area contributed by atoms with Gasteiger partial charge in [-0.05, 0) is 73.5 Å². The predicted octanol–water partition coefficient (Wildman–Crippen LogP) is 6.68. The molecular weight excluding hydrogens is 474 g/mol. The average molecular weight is 493 g/mol. The van der Waals surface area contributed by atoms with E-state index in [-0.39, 0.29) is 17.5 Å². The number of nitrogens with zero attached hydrogens (tertiary/aromatic N) is 3. The molecule has 0 bridgehead atoms. The Morgan fingerprint density at radius 2 is 1.63 bits per heavy atom. The topological polar surface area (TPSA) is 71.3 Å². The molecule has 0 spiro atoms. The number of carbonyl (C=O) groups is 1. The summed E-state index contributed by atoms with van der Waals surface area (Å²) in [4.78, 5) is 19.2. The molecule has 6 nitrogen and oxygen atoms in total. The summed E-state index contributed by atoms with van der Waals surface area (Å²) >= 11 is 6.33. The van der Waals surface area contributed by atoms with E-state index in [9.17, 15) is 13.6 Å². The largest absolute Gasteiger partial charge is 0.334 e. The number of rotatable bonds is 4. The number of anilines is 1. The fourth-order valence-electron chi connectivity index (χ4n) is 4.01. The minimum Gasteiger partial charge on any atom is -0.334 e. The number of nitrogens with one attached hydrogen (secondary N) is 1. The molecule has 5 rings (SSSR count). The van der Waals surface area contributed by atoms with Crippen molar-refractivity contribution < 1.29 is 18.1 Å². The normalized spacial score (nSPS) is 16.0. The fourth-order valence-corrected chi connectivity index (χ4v) is 4.18. The van der Waals surface area contributed by atoms with Gasteiger partial charge in [-0.25, -0.2) is 13.6 Å². The third-order valence-electron chi connectivity index (χ3n) is 5.86. The van der Waals surface area contributed by atoms with Crippen LogP contribution in [0, 0.1) is 18.6 Å². The number of hydrogen-bond donors (Lipinski definition) is 1. The van der Waals surface area contributed by atoms with Gasteiger partial charge in [0.15, 0.2) is 0 Å². The highest BCUT2D eigenvalue weighted by molar-refractivity contribution is 6.31. The van der Waals surface area contributed by atoms with Crippen LogP contribution in [0.2, 0.25) is 5.02 Å². The van der Waals surface area contributed by atoms with Crippen LogP contribution in [0.5, 0.6) is 0 Å². The third-order valence-corrected chi connectivity index (χ3v) is 6.27. The fraction of sp³-hybridized carbons (Fsp3) is 0.115. The van der Waals surface area contributed by atoms with Gasteiger partial charge < -0.3 is 9.84 Å². The Morgan fingerprint density at radius 1 is 0.971 bits per heavy atom. The smallest absolute Gasteiger partial charge is 0.326 e. The van der Waals surface area contributed by atoms with Crippen LogP contribution >= 0.6 is 11.6 Å². The maximum absolute atomic E-state index is 13.6. The lowest BCUT2D eigenvalue weighted by Gasteiger charge is -2.35. The number of hydrogen-bond acceptors (Lipinski definition) is 4. The molecule has 1 aliphatic rings. The van der Waals surface area contributed by atoms with Crippen LogP contribution in [-0.2, 0) is 0 Å². The van der Waals surface area contributed by atoms with Gasteiger partial charge in [0.1, 0.15) is 11.6 Å². The van der Waals surface area contributed by atoms with Crippen LogP contribution in [0.1, 0.15) is 30.0 Å². The quantitative estimate of drug-likeness (QED) is 0.345. The van der Waals surface area contributed by atoms with Gasteiger partial charge in [0, 0.05) is 16.3 Å². The van der Waals surface area contributed by atoms with Gasteiger partial charge in [-0.15, -0.1) is 0 Å². The van der Waals surface area contributed by atoms with Crippen molar-refractivity contribution in [1.82, 2.24) is 15.5 Å². The van der Waals surface area contributed by atoms with E-state index in [1.165, 1.54) is 29.2 Å². The Hall–Kier alpha value is -4.04. The maximum atomic E-state index is 13.6. The molecule has 35 heavy (non-hydrogen) atoms. The van der Waals surface area contributed by atoms with Gasteiger partial charge >= 0.3 is 6.03 Å². The molecule has 1 aliphatic heterocycles. The van der Waals surface area contributed by atoms with E-state index in [2.05, 4.69) is 15.5 Å². The molecule has 0 saturated carbocycles. The summed E-state index contributed by atoms with van der Waals surface area (Å²) in [6, 6.07) is 15.8. The molecule has 0 radical (unpaired) electrons. The molecule has 2 amide bonds. The predicted molar refractivity (Wildman–Crippen MR) is 129 cm³/mol. The van der Waals surface area contributed by atoms with Crippen LogP contribution in [0.15, 0.2) is 77.0 Å². The second-order valence-electron chi connectivity index (χ2n) is 8.13. The second kappa shape index (κ2) is 8.96. The molecule has 0 fully saturated rings. The zero-order valence-electron chi connectivity index (χ0n) is 18.7. The van der Waals surface area contributed by atoms with Gasteiger partial charge in [0.2, 0.25) is 5.82 Å². The molecule has 176 valence electrons. The van der Waals surface area contributed by atoms with Crippen LogP contribution in [0.3, 0.4) is 0 Å². The van der Waals surface area contributed by atoms with E-state index in [1.54, 1.807) is 43.3 Å². The van der Waals surface area contributed by atoms with E-state index in [0.29, 0.717) is 33.1 Å². The summed E-state index contributed by atoms with van der Waals surface area (Å²) in [5.74, 6) is -0.348. The Morgan fingerprint density at radius 3 is 2.29 bits per heavy atom. The van der Waals surface area contributed by atoms with Crippen molar-refractivity contribution in [2.75, 3.05) is 4.90 Å². The highest BCUT2D eigenvalue weighted by Crippen LogP contribution is 2.39. The van der Waals surface area contributed by atoms with E-state index in [4.69, 9.17) is 16.1 Å². The first-order chi connectivity index (χ1) is 16.8. The first-order valence-electron chi connectivity index (χ1n) is 10.7. The Labute approximate surface area is 204 Å². The van der Waals surface area contributed by atoms with E-state index >= 15 is 0 Å². The molecule has 1 unspecified atom stereocenters. The highest BCUT2D eigenvalue weighted by atomic mass is 35.5. The minimum absolute atomic E-state index is 0.166. The molecule has 1 N–H and O–H groups in total. The third kappa shape index (κ3) is 4.28. The molecular formula is C26H19ClF2N4O2. The summed E-state index contributed by atoms with van der Waals surface area (Å²) in [7, 11) is 0. The maximum Gasteiger partial charge on any atom is 0.326 e. The Bertz CT molecular complexity index is 1450. The van der Waals surface area contributed by atoms with Crippen molar-refractivity contribution in [1.29, 1.82) is 0 Å². The van der Waals surface area contributed by atoms with Crippen LogP contribution < -0.4 is 10.2 Å². The average Bonchev–Trinajstić information content (AvgIpc) is 3.31. The number of benzene rings is 3. The number of urea groups is 1. The van der Waals surface area contributed by atoms with E-state index < -0.39 is 17.9 Å². The standard InChI is InChI=1S/C26H19ClF2N4O2/c1-14-3-12-20(13-21(14)27)33-15(2)22(23(30-26(33)34)16-4-8-18(28)9-5-16)25-31-24(32-35-25)17-6-10-19(29)11-7-17/h3-13,23H,1-2H3,(H,30,34). The monoisotopic (exact) mass is 492 g/mol. The second-order valence-corrected chi connectivity index (χ2v) is 8.54. The SMILES string of the molecule is CC1=C(c2nc(-c3ccc(F)cc3)no2)C(c2ccc(F)cc2)NC(=O)N1c1ccc(C)c(Cl)c1. The van der Waals surface area contributed by atoms with Crippen molar-refractivity contribution in [3.63, 3.8) is 0 Å². The van der Waals surface area contributed by atoms with Crippen molar-refractivity contribution in [3.05, 3.63) is 106 Å². The summed E-state index contributed by atoms with van der Waals surface area (Å²) in [5, 5.41) is 7.53. The number of halogens is 3. The number of amides is 2. The molecule has 2 heterocycles. The molecule has 1 aromatic heterocycles. The van der Waals surface area contributed by atoms with Gasteiger partial charge in [0.05, 0.1) is 17.3 Å². The highest BCUT2D eigenvalue weighted by Gasteiger charge is 2.36. The van der Waals surface area contributed by atoms with Crippen LogP contribution in [-0.4, -0.2) is 16.2 Å². The molecule has 3 aromatic carbocycles. The van der Waals surface area contributed by atoms with Crippen LogP contribution in [0.4, 0.5) is 19.3 Å². The minimum atomic E-state index is -0.679. The summed E-state index contributed by atoms with van der Waals surface area (Å²) < 4.78 is 32.6. The summed E-state index contributed by atoms with van der Waals surface area (Å²) in [6.45, 7) is 3.64. The van der Waals surface area contributed by atoms with Gasteiger partial charge in [-0.3, -0.25) is 4.90 Å². The molecule has 1 atom stereocenters. The van der Waals surface area contributed by atoms with Gasteiger partial charge in [-0.1, -0.05) is 35.0 Å². The number of allylic oxidation sites excluding steroid dienone is 1. The Balaban J connectivity index is 1.65.